The summed E-state index contributed by atoms with van der Waals surface area (Å²) in [6.45, 7) is 0. The van der Waals surface area contributed by atoms with Gasteiger partial charge in [-0.15, -0.1) is 0 Å². The van der Waals surface area contributed by atoms with E-state index in [2.05, 4.69) is 10.3 Å². The Morgan fingerprint density at radius 1 is 0.964 bits per heavy atom. The SMILES string of the molecule is O=C(Nc1nc2ccccc2s1)c1ccc(Oc2ccc([N+](=O)[O-])cc2)cc1. The summed E-state index contributed by atoms with van der Waals surface area (Å²) >= 11 is 1.41. The molecule has 1 aromatic heterocycles. The van der Waals surface area contributed by atoms with Crippen molar-refractivity contribution in [2.45, 2.75) is 0 Å². The molecule has 0 aliphatic rings. The van der Waals surface area contributed by atoms with Crippen molar-refractivity contribution in [3.63, 3.8) is 0 Å². The smallest absolute Gasteiger partial charge is 0.269 e. The summed E-state index contributed by atoms with van der Waals surface area (Å²) < 4.78 is 6.65. The number of amides is 1. The molecule has 0 spiro atoms. The fourth-order valence-corrected chi connectivity index (χ4v) is 3.40. The lowest BCUT2D eigenvalue weighted by atomic mass is 10.2. The topological polar surface area (TPSA) is 94.4 Å². The van der Waals surface area contributed by atoms with Gasteiger partial charge >= 0.3 is 0 Å². The molecule has 8 heteroatoms. The fourth-order valence-electron chi connectivity index (χ4n) is 2.54. The van der Waals surface area contributed by atoms with Crippen LogP contribution in [-0.2, 0) is 0 Å². The van der Waals surface area contributed by atoms with Crippen LogP contribution in [0.1, 0.15) is 10.4 Å². The van der Waals surface area contributed by atoms with Gasteiger partial charge in [-0.05, 0) is 48.5 Å². The highest BCUT2D eigenvalue weighted by atomic mass is 32.1. The van der Waals surface area contributed by atoms with Crippen LogP contribution in [0, 0.1) is 10.1 Å². The van der Waals surface area contributed by atoms with E-state index < -0.39 is 4.92 Å². The lowest BCUT2D eigenvalue weighted by Gasteiger charge is -2.06. The zero-order valence-electron chi connectivity index (χ0n) is 14.4. The molecule has 0 fully saturated rings. The molecule has 4 aromatic rings. The maximum Gasteiger partial charge on any atom is 0.269 e. The summed E-state index contributed by atoms with van der Waals surface area (Å²) in [5, 5.41) is 14.0. The first kappa shape index (κ1) is 17.6. The van der Waals surface area contributed by atoms with Crippen LogP contribution in [0.15, 0.2) is 72.8 Å². The molecule has 0 bridgehead atoms. The standard InChI is InChI=1S/C20H13N3O4S/c24-19(22-20-21-17-3-1-2-4-18(17)28-20)13-5-9-15(10-6-13)27-16-11-7-14(8-12-16)23(25)26/h1-12H,(H,21,22,24). The van der Waals surface area contributed by atoms with Gasteiger partial charge in [-0.2, -0.15) is 0 Å². The van der Waals surface area contributed by atoms with Crippen molar-refractivity contribution >= 4 is 38.3 Å². The van der Waals surface area contributed by atoms with Crippen molar-refractivity contribution in [2.75, 3.05) is 5.32 Å². The third kappa shape index (κ3) is 3.81. The third-order valence-electron chi connectivity index (χ3n) is 3.91. The molecule has 28 heavy (non-hydrogen) atoms. The van der Waals surface area contributed by atoms with Crippen molar-refractivity contribution in [1.29, 1.82) is 0 Å². The van der Waals surface area contributed by atoms with E-state index >= 15 is 0 Å². The van der Waals surface area contributed by atoms with Crippen LogP contribution < -0.4 is 10.1 Å². The zero-order valence-corrected chi connectivity index (χ0v) is 15.2. The van der Waals surface area contributed by atoms with Gasteiger partial charge in [-0.25, -0.2) is 4.98 Å². The van der Waals surface area contributed by atoms with Crippen LogP contribution >= 0.6 is 11.3 Å². The Balaban J connectivity index is 1.43. The molecule has 4 rings (SSSR count). The molecule has 1 N–H and O–H groups in total. The normalized spacial score (nSPS) is 10.6. The van der Waals surface area contributed by atoms with E-state index in [4.69, 9.17) is 4.74 Å². The summed E-state index contributed by atoms with van der Waals surface area (Å²) in [5.74, 6) is 0.726. The second-order valence-electron chi connectivity index (χ2n) is 5.82. The minimum absolute atomic E-state index is 0.00536. The number of hydrogen-bond acceptors (Lipinski definition) is 6. The molecule has 7 nitrogen and oxygen atoms in total. The molecule has 0 saturated heterocycles. The lowest BCUT2D eigenvalue weighted by Crippen LogP contribution is -2.11. The number of benzene rings is 3. The number of non-ortho nitro benzene ring substituents is 1. The number of para-hydroxylation sites is 1. The largest absolute Gasteiger partial charge is 0.457 e. The fraction of sp³-hybridized carbons (Fsp3) is 0. The highest BCUT2D eigenvalue weighted by Crippen LogP contribution is 2.27. The second-order valence-corrected chi connectivity index (χ2v) is 6.85. The van der Waals surface area contributed by atoms with Gasteiger partial charge in [-0.1, -0.05) is 23.5 Å². The summed E-state index contributed by atoms with van der Waals surface area (Å²) in [5.41, 5.74) is 1.30. The second kappa shape index (κ2) is 7.45. The maximum absolute atomic E-state index is 12.4. The Morgan fingerprint density at radius 2 is 1.61 bits per heavy atom. The molecular weight excluding hydrogens is 378 g/mol. The number of anilines is 1. The highest BCUT2D eigenvalue weighted by molar-refractivity contribution is 7.22. The van der Waals surface area contributed by atoms with Gasteiger partial charge in [-0.3, -0.25) is 20.2 Å². The van der Waals surface area contributed by atoms with E-state index in [0.717, 1.165) is 10.2 Å². The minimum Gasteiger partial charge on any atom is -0.457 e. The van der Waals surface area contributed by atoms with Gasteiger partial charge in [0.05, 0.1) is 15.1 Å². The Hall–Kier alpha value is -3.78. The number of carbonyl (C=O) groups is 1. The molecule has 0 atom stereocenters. The number of aromatic nitrogens is 1. The van der Waals surface area contributed by atoms with Gasteiger partial charge in [0.15, 0.2) is 5.13 Å². The first-order chi connectivity index (χ1) is 13.6. The Kier molecular flexibility index (Phi) is 4.69. The number of fused-ring (bicyclic) bond motifs is 1. The number of thiazole rings is 1. The summed E-state index contributed by atoms with van der Waals surface area (Å²) in [4.78, 5) is 27.0. The molecule has 1 amide bonds. The molecular formula is C20H13N3O4S. The predicted octanol–water partition coefficient (Wildman–Crippen LogP) is 5.25. The highest BCUT2D eigenvalue weighted by Gasteiger charge is 2.10. The van der Waals surface area contributed by atoms with Crippen LogP contribution in [0.5, 0.6) is 11.5 Å². The van der Waals surface area contributed by atoms with E-state index in [9.17, 15) is 14.9 Å². The van der Waals surface area contributed by atoms with E-state index in [1.165, 1.54) is 35.6 Å². The molecule has 0 aliphatic carbocycles. The summed E-state index contributed by atoms with van der Waals surface area (Å²) in [6, 6.07) is 20.1. The molecule has 0 saturated carbocycles. The molecule has 138 valence electrons. The number of nitrogens with one attached hydrogen (secondary N) is 1. The van der Waals surface area contributed by atoms with Crippen molar-refractivity contribution in [1.82, 2.24) is 4.98 Å². The maximum atomic E-state index is 12.4. The average Bonchev–Trinajstić information content (AvgIpc) is 3.11. The third-order valence-corrected chi connectivity index (χ3v) is 4.87. The number of nitrogens with zero attached hydrogens (tertiary/aromatic N) is 2. The van der Waals surface area contributed by atoms with Crippen molar-refractivity contribution in [3.05, 3.63) is 88.5 Å². The monoisotopic (exact) mass is 391 g/mol. The van der Waals surface area contributed by atoms with Crippen LogP contribution in [0.25, 0.3) is 10.2 Å². The zero-order chi connectivity index (χ0) is 19.5. The Morgan fingerprint density at radius 3 is 2.25 bits per heavy atom. The van der Waals surface area contributed by atoms with E-state index in [0.29, 0.717) is 22.2 Å². The quantitative estimate of drug-likeness (QED) is 0.370. The van der Waals surface area contributed by atoms with Gasteiger partial charge in [0.2, 0.25) is 0 Å². The Bertz CT molecular complexity index is 1120. The van der Waals surface area contributed by atoms with E-state index in [1.54, 1.807) is 24.3 Å². The minimum atomic E-state index is -0.470. The van der Waals surface area contributed by atoms with Crippen LogP contribution in [0.4, 0.5) is 10.8 Å². The molecule has 0 unspecified atom stereocenters. The predicted molar refractivity (Wildman–Crippen MR) is 107 cm³/mol. The van der Waals surface area contributed by atoms with Crippen LogP contribution in [0.3, 0.4) is 0 Å². The summed E-state index contributed by atoms with van der Waals surface area (Å²) in [6.07, 6.45) is 0. The lowest BCUT2D eigenvalue weighted by molar-refractivity contribution is -0.384. The number of hydrogen-bond donors (Lipinski definition) is 1. The van der Waals surface area contributed by atoms with Gasteiger partial charge in [0.25, 0.3) is 11.6 Å². The van der Waals surface area contributed by atoms with E-state index in [-0.39, 0.29) is 11.6 Å². The Labute approximate surface area is 163 Å². The van der Waals surface area contributed by atoms with Gasteiger partial charge in [0.1, 0.15) is 11.5 Å². The van der Waals surface area contributed by atoms with Crippen LogP contribution in [0.2, 0.25) is 0 Å². The van der Waals surface area contributed by atoms with Crippen molar-refractivity contribution < 1.29 is 14.5 Å². The number of nitro benzene ring substituents is 1. The van der Waals surface area contributed by atoms with Crippen LogP contribution in [-0.4, -0.2) is 15.8 Å². The number of nitro groups is 1. The molecule has 3 aromatic carbocycles. The van der Waals surface area contributed by atoms with Crippen molar-refractivity contribution in [2.24, 2.45) is 0 Å². The number of ether oxygens (including phenoxy) is 1. The van der Waals surface area contributed by atoms with Crippen molar-refractivity contribution in [3.8, 4) is 11.5 Å². The molecule has 0 radical (unpaired) electrons. The molecule has 0 aliphatic heterocycles. The van der Waals surface area contributed by atoms with Gasteiger partial charge < -0.3 is 4.74 Å². The number of carbonyl (C=O) groups excluding carboxylic acids is 1. The first-order valence-corrected chi connectivity index (χ1v) is 9.09. The van der Waals surface area contributed by atoms with E-state index in [1.807, 2.05) is 24.3 Å². The average molecular weight is 391 g/mol. The summed E-state index contributed by atoms with van der Waals surface area (Å²) in [7, 11) is 0. The first-order valence-electron chi connectivity index (χ1n) is 8.28. The van der Waals surface area contributed by atoms with Gasteiger partial charge in [0, 0.05) is 17.7 Å². The number of rotatable bonds is 5. The molecule has 1 heterocycles.